The average Bonchev–Trinajstić information content (AvgIpc) is 3.35. The summed E-state index contributed by atoms with van der Waals surface area (Å²) >= 11 is 1.54. The van der Waals surface area contributed by atoms with E-state index >= 15 is 0 Å². The largest absolute Gasteiger partial charge is 0.457 e. The van der Waals surface area contributed by atoms with Crippen molar-refractivity contribution in [1.82, 2.24) is 4.98 Å². The summed E-state index contributed by atoms with van der Waals surface area (Å²) in [4.78, 5) is 31.6. The van der Waals surface area contributed by atoms with Crippen molar-refractivity contribution in [3.8, 4) is 0 Å². The molecule has 3 heterocycles. The molecule has 0 bridgehead atoms. The van der Waals surface area contributed by atoms with Crippen molar-refractivity contribution in [2.45, 2.75) is 109 Å². The number of aromatic nitrogens is 1. The van der Waals surface area contributed by atoms with Gasteiger partial charge in [-0.25, -0.2) is 4.98 Å². The Labute approximate surface area is 241 Å². The molecule has 2 fully saturated rings. The molecule has 2 aromatic rings. The van der Waals surface area contributed by atoms with Crippen LogP contribution in [0, 0.1) is 17.3 Å². The van der Waals surface area contributed by atoms with Gasteiger partial charge in [0.05, 0.1) is 46.0 Å². The predicted molar refractivity (Wildman–Crippen MR) is 156 cm³/mol. The minimum atomic E-state index is -1.27. The quantitative estimate of drug-likeness (QED) is 0.259. The first-order chi connectivity index (χ1) is 18.9. The number of epoxide rings is 1. The molecule has 2 saturated heterocycles. The fourth-order valence-electron chi connectivity index (χ4n) is 5.89. The zero-order valence-corrected chi connectivity index (χ0v) is 24.9. The maximum absolute atomic E-state index is 13.7. The molecule has 2 aliphatic heterocycles. The Hall–Kier alpha value is -2.17. The number of nitrogens with two attached hydrogens (primary N) is 1. The lowest BCUT2D eigenvalue weighted by atomic mass is 9.71. The van der Waals surface area contributed by atoms with Gasteiger partial charge < -0.3 is 25.4 Å². The Bertz CT molecular complexity index is 1230. The van der Waals surface area contributed by atoms with Gasteiger partial charge in [0.1, 0.15) is 16.9 Å². The molecule has 0 aliphatic carbocycles. The molecule has 0 amide bonds. The number of cyclic esters (lactones) is 1. The Kier molecular flexibility index (Phi) is 9.52. The van der Waals surface area contributed by atoms with Crippen molar-refractivity contribution in [2.24, 2.45) is 23.0 Å². The molecule has 1 aromatic heterocycles. The van der Waals surface area contributed by atoms with E-state index in [1.807, 2.05) is 25.1 Å². The van der Waals surface area contributed by atoms with Gasteiger partial charge in [-0.2, -0.15) is 0 Å². The van der Waals surface area contributed by atoms with Crippen LogP contribution in [0.25, 0.3) is 10.2 Å². The Balaban J connectivity index is 1.63. The molecule has 9 heteroatoms. The van der Waals surface area contributed by atoms with E-state index < -0.39 is 35.6 Å². The smallest absolute Gasteiger partial charge is 0.309 e. The monoisotopic (exact) mass is 572 g/mol. The topological polar surface area (TPSA) is 135 Å². The van der Waals surface area contributed by atoms with Gasteiger partial charge >= 0.3 is 5.97 Å². The number of aliphatic hydroxyl groups excluding tert-OH is 2. The van der Waals surface area contributed by atoms with Crippen LogP contribution in [0.2, 0.25) is 0 Å². The summed E-state index contributed by atoms with van der Waals surface area (Å²) in [6, 6.07) is 5.83. The van der Waals surface area contributed by atoms with E-state index in [-0.39, 0.29) is 29.8 Å². The summed E-state index contributed by atoms with van der Waals surface area (Å²) in [5, 5.41) is 23.2. The Morgan fingerprint density at radius 2 is 2.00 bits per heavy atom. The number of fused-ring (bicyclic) bond motifs is 2. The number of benzene rings is 1. The molecular weight excluding hydrogens is 528 g/mol. The maximum Gasteiger partial charge on any atom is 0.309 e. The summed E-state index contributed by atoms with van der Waals surface area (Å²) in [5.74, 6) is -1.62. The highest BCUT2D eigenvalue weighted by Gasteiger charge is 2.53. The van der Waals surface area contributed by atoms with Gasteiger partial charge in [-0.3, -0.25) is 9.59 Å². The van der Waals surface area contributed by atoms with Crippen LogP contribution in [0.1, 0.15) is 89.3 Å². The minimum absolute atomic E-state index is 0.0903. The van der Waals surface area contributed by atoms with Gasteiger partial charge in [-0.1, -0.05) is 39.3 Å². The molecule has 0 unspecified atom stereocenters. The SMILES string of the molecule is C=CCC[C@@H]1C(=O)C(C)(C)[C@@H](O)CC(=O)O[C@H](c2ccc3sc(CN)nc3c2)C[C@@H]2O[C@@]2(C)CCC[C@H](C)[C@@H]1O. The molecule has 220 valence electrons. The number of ether oxygens (including phenoxy) is 2. The molecule has 7 atom stereocenters. The fraction of sp³-hybridized carbons (Fsp3) is 0.645. The van der Waals surface area contributed by atoms with Crippen LogP contribution in [-0.4, -0.2) is 50.9 Å². The lowest BCUT2D eigenvalue weighted by molar-refractivity contribution is -0.156. The zero-order chi connectivity index (χ0) is 29.2. The van der Waals surface area contributed by atoms with E-state index in [4.69, 9.17) is 15.2 Å². The number of aliphatic hydroxyl groups is 2. The third-order valence-electron chi connectivity index (χ3n) is 8.91. The number of thiazole rings is 1. The van der Waals surface area contributed by atoms with Crippen LogP contribution in [0.4, 0.5) is 0 Å². The molecule has 0 spiro atoms. The third-order valence-corrected chi connectivity index (χ3v) is 9.97. The number of ketones is 1. The molecule has 8 nitrogen and oxygen atoms in total. The molecule has 4 N–H and O–H groups in total. The molecule has 0 radical (unpaired) electrons. The zero-order valence-electron chi connectivity index (χ0n) is 24.1. The van der Waals surface area contributed by atoms with Crippen molar-refractivity contribution in [3.05, 3.63) is 41.4 Å². The minimum Gasteiger partial charge on any atom is -0.457 e. The normalized spacial score (nSPS) is 33.8. The second kappa shape index (κ2) is 12.4. The summed E-state index contributed by atoms with van der Waals surface area (Å²) in [6.07, 6.45) is 2.44. The number of nitrogens with zero attached hydrogens (tertiary/aromatic N) is 1. The van der Waals surface area contributed by atoms with Crippen LogP contribution >= 0.6 is 11.3 Å². The molecule has 4 rings (SSSR count). The Morgan fingerprint density at radius 3 is 2.70 bits per heavy atom. The van der Waals surface area contributed by atoms with Crippen LogP contribution in [0.5, 0.6) is 0 Å². The highest BCUT2D eigenvalue weighted by atomic mass is 32.1. The van der Waals surface area contributed by atoms with Gasteiger partial charge in [0.2, 0.25) is 0 Å². The van der Waals surface area contributed by atoms with Crippen LogP contribution in [-0.2, 0) is 25.6 Å². The number of allylic oxidation sites excluding steroid dienone is 1. The number of carbonyl (C=O) groups is 2. The fourth-order valence-corrected chi connectivity index (χ4v) is 6.72. The van der Waals surface area contributed by atoms with Gasteiger partial charge in [0.25, 0.3) is 0 Å². The number of rotatable bonds is 5. The van der Waals surface area contributed by atoms with Crippen LogP contribution < -0.4 is 5.73 Å². The lowest BCUT2D eigenvalue weighted by Crippen LogP contribution is -2.46. The van der Waals surface area contributed by atoms with E-state index in [0.717, 1.165) is 40.1 Å². The van der Waals surface area contributed by atoms with Gasteiger partial charge in [-0.15, -0.1) is 17.9 Å². The van der Waals surface area contributed by atoms with Crippen molar-refractivity contribution in [3.63, 3.8) is 0 Å². The van der Waals surface area contributed by atoms with E-state index in [2.05, 4.69) is 18.5 Å². The summed E-state index contributed by atoms with van der Waals surface area (Å²) in [5.41, 5.74) is 5.79. The maximum atomic E-state index is 13.7. The number of hydrogen-bond donors (Lipinski definition) is 3. The molecule has 2 aliphatic rings. The van der Waals surface area contributed by atoms with E-state index in [1.54, 1.807) is 19.9 Å². The van der Waals surface area contributed by atoms with Gasteiger partial charge in [0.15, 0.2) is 0 Å². The Morgan fingerprint density at radius 1 is 1.25 bits per heavy atom. The molecular formula is C31H44N2O6S. The second-order valence-electron chi connectivity index (χ2n) is 12.3. The number of esters is 1. The summed E-state index contributed by atoms with van der Waals surface area (Å²) < 4.78 is 13.1. The van der Waals surface area contributed by atoms with Crippen LogP contribution in [0.15, 0.2) is 30.9 Å². The van der Waals surface area contributed by atoms with Crippen molar-refractivity contribution < 1.29 is 29.3 Å². The first-order valence-corrected chi connectivity index (χ1v) is 15.2. The van der Waals surface area contributed by atoms with Crippen molar-refractivity contribution in [1.29, 1.82) is 0 Å². The molecule has 0 saturated carbocycles. The van der Waals surface area contributed by atoms with Crippen molar-refractivity contribution in [2.75, 3.05) is 0 Å². The molecule has 1 aromatic carbocycles. The number of Topliss-reactive ketones (excluding diaryl/α,β-unsaturated/α-hetero) is 1. The van der Waals surface area contributed by atoms with E-state index in [9.17, 15) is 19.8 Å². The van der Waals surface area contributed by atoms with Gasteiger partial charge in [0, 0.05) is 18.9 Å². The number of hydrogen-bond acceptors (Lipinski definition) is 9. The lowest BCUT2D eigenvalue weighted by Gasteiger charge is -2.36. The summed E-state index contributed by atoms with van der Waals surface area (Å²) in [6.45, 7) is 11.4. The van der Waals surface area contributed by atoms with Crippen LogP contribution in [0.3, 0.4) is 0 Å². The standard InChI is InChI=1S/C31H44N2O6S/c1-6-7-10-20-28(36)18(2)9-8-13-31(5)25(39-31)15-22(38-27(35)16-24(34)30(3,4)29(20)37)19-11-12-23-21(14-19)33-26(17-32)40-23/h6,11-12,14,18,20,22,24-25,28,34,36H,1,7-10,13,15-17,32H2,2-5H3/t18-,20-,22-,24-,25-,28-,31-/m0/s1. The highest BCUT2D eigenvalue weighted by Crippen LogP contribution is 2.47. The average molecular weight is 573 g/mol. The first kappa shape index (κ1) is 30.8. The third kappa shape index (κ3) is 6.65. The molecule has 40 heavy (non-hydrogen) atoms. The summed E-state index contributed by atoms with van der Waals surface area (Å²) in [7, 11) is 0. The second-order valence-corrected chi connectivity index (χ2v) is 13.4. The van der Waals surface area contributed by atoms with Gasteiger partial charge in [-0.05, 0) is 56.2 Å². The number of carbonyl (C=O) groups excluding carboxylic acids is 2. The highest BCUT2D eigenvalue weighted by molar-refractivity contribution is 7.18. The first-order valence-electron chi connectivity index (χ1n) is 14.4. The van der Waals surface area contributed by atoms with E-state index in [0.29, 0.717) is 25.8 Å². The van der Waals surface area contributed by atoms with E-state index in [1.165, 1.54) is 11.3 Å². The predicted octanol–water partition coefficient (Wildman–Crippen LogP) is 5.00. The van der Waals surface area contributed by atoms with Crippen molar-refractivity contribution >= 4 is 33.3 Å².